The van der Waals surface area contributed by atoms with Crippen LogP contribution >= 0.6 is 24.2 Å². The molecule has 1 aliphatic rings. The van der Waals surface area contributed by atoms with Crippen molar-refractivity contribution in [2.24, 2.45) is 5.92 Å². The van der Waals surface area contributed by atoms with Gasteiger partial charge in [0.05, 0.1) is 58.0 Å². The summed E-state index contributed by atoms with van der Waals surface area (Å²) < 4.78 is 32.4. The third-order valence-corrected chi connectivity index (χ3v) is 12.5. The van der Waals surface area contributed by atoms with Crippen molar-refractivity contribution < 1.29 is 54.5 Å². The number of thioether (sulfide) groups is 1. The Kier molecular flexibility index (Phi) is 23.4. The topological polar surface area (TPSA) is 123 Å². The van der Waals surface area contributed by atoms with Crippen LogP contribution in [0.15, 0.2) is 89.8 Å². The minimum absolute atomic E-state index is 0. The normalized spacial score (nSPS) is 15.2. The van der Waals surface area contributed by atoms with Crippen LogP contribution in [-0.4, -0.2) is 111 Å². The number of carbonyl (C=O) groups is 2. The number of halogens is 1. The third-order valence-electron chi connectivity index (χ3n) is 11.1. The van der Waals surface area contributed by atoms with E-state index in [0.717, 1.165) is 71.3 Å². The molecular weight excluding hydrogens is 899 g/mol. The SMILES string of the molecule is COc1ccc(CCN(C)CCCC(C#N)(c2ccc(OC)c(OC)c2)C(C)C)cc1OC.COc1ccc([C@@H]2Sc3ccccc3N(CCN(C)C)C(=O)[C@@H]2OC(C)=O)cc1.Cl.[Ni]. The molecule has 0 bridgehead atoms. The second kappa shape index (κ2) is 27.0. The smallest absolute Gasteiger partial charge is 0.303 e. The van der Waals surface area contributed by atoms with Gasteiger partial charge in [-0.05, 0) is 118 Å². The van der Waals surface area contributed by atoms with Crippen LogP contribution < -0.4 is 28.6 Å². The number of amides is 1. The Hall–Kier alpha value is -4.64. The van der Waals surface area contributed by atoms with E-state index < -0.39 is 17.5 Å². The largest absolute Gasteiger partial charge is 0.497 e. The number of para-hydroxylation sites is 1. The maximum absolute atomic E-state index is 13.6. The fourth-order valence-electron chi connectivity index (χ4n) is 7.46. The van der Waals surface area contributed by atoms with E-state index in [9.17, 15) is 14.9 Å². The van der Waals surface area contributed by atoms with Crippen molar-refractivity contribution >= 4 is 41.7 Å². The van der Waals surface area contributed by atoms with Gasteiger partial charge >= 0.3 is 5.97 Å². The first-order valence-electron chi connectivity index (χ1n) is 20.8. The van der Waals surface area contributed by atoms with Crippen LogP contribution in [-0.2, 0) is 42.7 Å². The number of esters is 1. The summed E-state index contributed by atoms with van der Waals surface area (Å²) in [4.78, 5) is 32.5. The molecule has 1 unspecified atom stereocenters. The van der Waals surface area contributed by atoms with Gasteiger partial charge in [0.15, 0.2) is 29.1 Å². The van der Waals surface area contributed by atoms with Gasteiger partial charge in [0.1, 0.15) is 5.75 Å². The first kappa shape index (κ1) is 55.5. The van der Waals surface area contributed by atoms with Crippen LogP contribution in [0, 0.1) is 17.2 Å². The van der Waals surface area contributed by atoms with Crippen molar-refractivity contribution in [1.82, 2.24) is 9.80 Å². The van der Waals surface area contributed by atoms with E-state index in [1.807, 2.05) is 97.9 Å². The summed E-state index contributed by atoms with van der Waals surface area (Å²) in [6.45, 7) is 8.61. The van der Waals surface area contributed by atoms with Gasteiger partial charge in [0, 0.05) is 47.9 Å². The molecule has 4 aromatic carbocycles. The van der Waals surface area contributed by atoms with Crippen molar-refractivity contribution in [3.63, 3.8) is 0 Å². The predicted molar refractivity (Wildman–Crippen MR) is 253 cm³/mol. The zero-order valence-corrected chi connectivity index (χ0v) is 41.6. The molecule has 0 radical (unpaired) electrons. The minimum Gasteiger partial charge on any atom is -0.497 e. The van der Waals surface area contributed by atoms with Crippen LogP contribution in [0.3, 0.4) is 0 Å². The molecule has 4 aromatic rings. The van der Waals surface area contributed by atoms with Gasteiger partial charge in [-0.15, -0.1) is 24.2 Å². The molecule has 1 aliphatic heterocycles. The monoisotopic (exact) mass is 962 g/mol. The van der Waals surface area contributed by atoms with Crippen LogP contribution in [0.4, 0.5) is 5.69 Å². The zero-order valence-electron chi connectivity index (χ0n) is 39.0. The number of hydrogen-bond acceptors (Lipinski definition) is 12. The fourth-order valence-corrected chi connectivity index (χ4v) is 8.78. The molecule has 15 heteroatoms. The van der Waals surface area contributed by atoms with Crippen molar-refractivity contribution in [3.05, 3.63) is 102 Å². The number of ether oxygens (including phenoxy) is 6. The number of nitrogens with zero attached hydrogens (tertiary/aromatic N) is 4. The van der Waals surface area contributed by atoms with E-state index in [0.29, 0.717) is 24.6 Å². The predicted octanol–water partition coefficient (Wildman–Crippen LogP) is 8.88. The molecule has 1 heterocycles. The molecule has 0 fully saturated rings. The first-order chi connectivity index (χ1) is 29.7. The Balaban J connectivity index is 0.000000430. The Morgan fingerprint density at radius 1 is 0.812 bits per heavy atom. The fraction of sp³-hybridized carbons (Fsp3) is 0.449. The van der Waals surface area contributed by atoms with E-state index in [2.05, 4.69) is 37.9 Å². The van der Waals surface area contributed by atoms with Crippen molar-refractivity contribution in [3.8, 4) is 34.8 Å². The summed E-state index contributed by atoms with van der Waals surface area (Å²) in [5, 5.41) is 9.88. The number of anilines is 1. The number of fused-ring (bicyclic) bond motifs is 1. The third kappa shape index (κ3) is 14.4. The minimum atomic E-state index is -0.916. The van der Waals surface area contributed by atoms with E-state index in [1.54, 1.807) is 52.2 Å². The number of rotatable bonds is 19. The Morgan fingerprint density at radius 2 is 1.42 bits per heavy atom. The van der Waals surface area contributed by atoms with E-state index in [4.69, 9.17) is 28.4 Å². The quantitative estimate of drug-likeness (QED) is 0.0659. The molecule has 1 amide bonds. The van der Waals surface area contributed by atoms with E-state index >= 15 is 0 Å². The number of benzene rings is 4. The summed E-state index contributed by atoms with van der Waals surface area (Å²) in [6.07, 6.45) is 1.69. The Morgan fingerprint density at radius 3 is 1.98 bits per heavy atom. The summed E-state index contributed by atoms with van der Waals surface area (Å²) in [6, 6.07) is 29.9. The van der Waals surface area contributed by atoms with Crippen molar-refractivity contribution in [1.29, 1.82) is 5.26 Å². The molecule has 0 aromatic heterocycles. The molecule has 0 saturated carbocycles. The average Bonchev–Trinajstić information content (AvgIpc) is 3.39. The van der Waals surface area contributed by atoms with Gasteiger partial charge in [-0.1, -0.05) is 50.2 Å². The Bertz CT molecular complexity index is 2120. The average molecular weight is 964 g/mol. The first-order valence-corrected chi connectivity index (χ1v) is 21.7. The van der Waals surface area contributed by atoms with E-state index in [1.165, 1.54) is 12.5 Å². The van der Waals surface area contributed by atoms with Crippen LogP contribution in [0.25, 0.3) is 0 Å². The second-order valence-electron chi connectivity index (χ2n) is 15.8. The number of nitriles is 1. The number of methoxy groups -OCH3 is 5. The number of hydrogen-bond donors (Lipinski definition) is 0. The van der Waals surface area contributed by atoms with Gasteiger partial charge < -0.3 is 43.1 Å². The van der Waals surface area contributed by atoms with Crippen molar-refractivity contribution in [2.45, 2.75) is 61.7 Å². The molecule has 64 heavy (non-hydrogen) atoms. The summed E-state index contributed by atoms with van der Waals surface area (Å²) in [5.74, 6) is 3.04. The second-order valence-corrected chi connectivity index (χ2v) is 16.9. The Labute approximate surface area is 401 Å². The molecule has 5 rings (SSSR count). The maximum atomic E-state index is 13.6. The van der Waals surface area contributed by atoms with E-state index in [-0.39, 0.29) is 46.0 Å². The van der Waals surface area contributed by atoms with Gasteiger partial charge in [0.2, 0.25) is 0 Å². The molecule has 0 aliphatic carbocycles. The maximum Gasteiger partial charge on any atom is 0.303 e. The van der Waals surface area contributed by atoms with Gasteiger partial charge in [-0.3, -0.25) is 9.59 Å². The molecule has 12 nitrogen and oxygen atoms in total. The van der Waals surface area contributed by atoms with Crippen LogP contribution in [0.1, 0.15) is 55.6 Å². The standard InChI is InChI=1S/C27H38N2O4.C22H26N2O4S.ClH.Ni/c1-20(2)27(19-28,22-10-12-24(31-5)26(18-22)33-7)14-8-15-29(3)16-13-21-9-11-23(30-4)25(17-21)32-6;1-15(25)28-20-21(16-9-11-17(27-4)12-10-16)29-19-8-6-5-7-18(19)24(22(20)26)14-13-23(2)3;;/h9-12,17-18,20H,8,13-16H2,1-7H3;5-12,20-21H,13-14H2,1-4H3;1H;/t;20-,21+;;/m.1../s1. The van der Waals surface area contributed by atoms with Gasteiger partial charge in [-0.2, -0.15) is 5.26 Å². The molecule has 3 atom stereocenters. The number of carbonyl (C=O) groups excluding carboxylic acids is 2. The summed E-state index contributed by atoms with van der Waals surface area (Å²) >= 11 is 1.54. The van der Waals surface area contributed by atoms with Crippen LogP contribution in [0.2, 0.25) is 0 Å². The van der Waals surface area contributed by atoms with Gasteiger partial charge in [0.25, 0.3) is 5.91 Å². The van der Waals surface area contributed by atoms with Crippen LogP contribution in [0.5, 0.6) is 28.7 Å². The molecule has 0 saturated heterocycles. The van der Waals surface area contributed by atoms with Gasteiger partial charge in [-0.25, -0.2) is 0 Å². The molecule has 352 valence electrons. The summed E-state index contributed by atoms with van der Waals surface area (Å²) in [7, 11) is 14.2. The number of likely N-dealkylation sites (N-methyl/N-ethyl adjacent to an activating group) is 2. The molecule has 0 spiro atoms. The zero-order chi connectivity index (χ0) is 45.4. The molecular formula is C49H65ClN4NiO8S. The van der Waals surface area contributed by atoms with Crippen molar-refractivity contribution in [2.75, 3.05) is 87.8 Å². The summed E-state index contributed by atoms with van der Waals surface area (Å²) in [5.41, 5.74) is 3.35. The molecule has 0 N–H and O–H groups in total.